The summed E-state index contributed by atoms with van der Waals surface area (Å²) in [5.41, 5.74) is -0.779. The fourth-order valence-electron chi connectivity index (χ4n) is 0.817. The number of halogens is 3. The van der Waals surface area contributed by atoms with E-state index in [1.807, 2.05) is 0 Å². The molecule has 0 N–H and O–H groups in total. The zero-order valence-corrected chi connectivity index (χ0v) is 7.72. The van der Waals surface area contributed by atoms with E-state index in [4.69, 9.17) is 4.74 Å². The molecule has 1 heterocycles. The number of pyridine rings is 1. The first kappa shape index (κ1) is 10.8. The molecular formula is C9H9F3NO. The summed E-state index contributed by atoms with van der Waals surface area (Å²) in [7, 11) is 0. The predicted octanol–water partition coefficient (Wildman–Crippen LogP) is 3.05. The van der Waals surface area contributed by atoms with E-state index < -0.39 is 11.7 Å². The molecule has 0 atom stereocenters. The predicted molar refractivity (Wildman–Crippen MR) is 44.5 cm³/mol. The van der Waals surface area contributed by atoms with Crippen LogP contribution in [0.5, 0.6) is 5.88 Å². The Labute approximate surface area is 79.7 Å². The average Bonchev–Trinajstić information content (AvgIpc) is 2.02. The van der Waals surface area contributed by atoms with Gasteiger partial charge in [-0.1, -0.05) is 0 Å². The number of hydrogen-bond donors (Lipinski definition) is 0. The van der Waals surface area contributed by atoms with Crippen molar-refractivity contribution in [2.45, 2.75) is 20.0 Å². The summed E-state index contributed by atoms with van der Waals surface area (Å²) in [5.74, 6) is 0.165. The van der Waals surface area contributed by atoms with Crippen LogP contribution < -0.4 is 4.74 Å². The molecule has 0 spiro atoms. The standard InChI is InChI=1S/C9H9F3NO/c1-6(2)14-8-4-3-7(5-13-8)9(10,11)12/h3-5H,1-2H3. The minimum Gasteiger partial charge on any atom is -0.467 e. The van der Waals surface area contributed by atoms with Gasteiger partial charge in [-0.05, 0) is 19.9 Å². The van der Waals surface area contributed by atoms with Crippen LogP contribution >= 0.6 is 0 Å². The van der Waals surface area contributed by atoms with Crippen molar-refractivity contribution in [2.24, 2.45) is 0 Å². The highest BCUT2D eigenvalue weighted by Crippen LogP contribution is 2.29. The molecule has 0 aromatic carbocycles. The lowest BCUT2D eigenvalue weighted by atomic mass is 10.3. The summed E-state index contributed by atoms with van der Waals surface area (Å²) in [6, 6.07) is 2.13. The lowest BCUT2D eigenvalue weighted by Gasteiger charge is -2.09. The molecule has 1 radical (unpaired) electrons. The molecule has 0 fully saturated rings. The Morgan fingerprint density at radius 3 is 2.29 bits per heavy atom. The molecular weight excluding hydrogens is 195 g/mol. The van der Waals surface area contributed by atoms with Crippen LogP contribution in [0.3, 0.4) is 0 Å². The lowest BCUT2D eigenvalue weighted by molar-refractivity contribution is -0.137. The van der Waals surface area contributed by atoms with E-state index in [1.165, 1.54) is 6.07 Å². The van der Waals surface area contributed by atoms with Crippen molar-refractivity contribution in [2.75, 3.05) is 0 Å². The van der Waals surface area contributed by atoms with Crippen molar-refractivity contribution in [3.8, 4) is 5.88 Å². The quantitative estimate of drug-likeness (QED) is 0.738. The molecule has 0 aliphatic carbocycles. The number of nitrogens with zero attached hydrogens (tertiary/aromatic N) is 1. The van der Waals surface area contributed by atoms with Gasteiger partial charge in [-0.25, -0.2) is 4.98 Å². The van der Waals surface area contributed by atoms with Crippen molar-refractivity contribution in [3.05, 3.63) is 30.0 Å². The molecule has 0 saturated carbocycles. The molecule has 14 heavy (non-hydrogen) atoms. The van der Waals surface area contributed by atoms with Gasteiger partial charge in [-0.3, -0.25) is 0 Å². The maximum atomic E-state index is 12.1. The smallest absolute Gasteiger partial charge is 0.417 e. The van der Waals surface area contributed by atoms with Gasteiger partial charge in [0.05, 0.1) is 5.56 Å². The first-order valence-electron chi connectivity index (χ1n) is 3.91. The van der Waals surface area contributed by atoms with E-state index in [2.05, 4.69) is 4.98 Å². The topological polar surface area (TPSA) is 22.1 Å². The highest BCUT2D eigenvalue weighted by atomic mass is 19.4. The van der Waals surface area contributed by atoms with Gasteiger partial charge >= 0.3 is 6.18 Å². The zero-order chi connectivity index (χ0) is 10.8. The van der Waals surface area contributed by atoms with Gasteiger partial charge in [0.25, 0.3) is 0 Å². The number of alkyl halides is 3. The van der Waals surface area contributed by atoms with Crippen molar-refractivity contribution in [1.82, 2.24) is 4.98 Å². The van der Waals surface area contributed by atoms with Crippen LogP contribution in [0.15, 0.2) is 18.3 Å². The number of hydrogen-bond acceptors (Lipinski definition) is 2. The van der Waals surface area contributed by atoms with E-state index in [0.29, 0.717) is 6.10 Å². The minimum atomic E-state index is -4.35. The Balaban J connectivity index is 2.79. The van der Waals surface area contributed by atoms with Crippen molar-refractivity contribution in [3.63, 3.8) is 0 Å². The Hall–Kier alpha value is -1.26. The maximum absolute atomic E-state index is 12.1. The summed E-state index contributed by atoms with van der Waals surface area (Å²) in [4.78, 5) is 3.52. The van der Waals surface area contributed by atoms with Crippen LogP contribution in [0.25, 0.3) is 0 Å². The van der Waals surface area contributed by atoms with Gasteiger partial charge in [-0.15, -0.1) is 0 Å². The number of rotatable bonds is 2. The third-order valence-electron chi connectivity index (χ3n) is 1.37. The average molecular weight is 204 g/mol. The molecule has 0 aliphatic rings. The molecule has 0 aliphatic heterocycles. The zero-order valence-electron chi connectivity index (χ0n) is 7.72. The minimum absolute atomic E-state index is 0.165. The van der Waals surface area contributed by atoms with Crippen LogP contribution in [0.1, 0.15) is 19.4 Å². The molecule has 0 amide bonds. The highest BCUT2D eigenvalue weighted by Gasteiger charge is 2.30. The third kappa shape index (κ3) is 2.90. The second kappa shape index (κ2) is 3.86. The summed E-state index contributed by atoms with van der Waals surface area (Å²) in [6.45, 7) is 3.39. The lowest BCUT2D eigenvalue weighted by Crippen LogP contribution is -2.06. The van der Waals surface area contributed by atoms with Gasteiger partial charge in [0.15, 0.2) is 0 Å². The molecule has 5 heteroatoms. The Kier molecular flexibility index (Phi) is 2.98. The molecule has 1 aromatic heterocycles. The van der Waals surface area contributed by atoms with E-state index >= 15 is 0 Å². The molecule has 0 bridgehead atoms. The van der Waals surface area contributed by atoms with Crippen LogP contribution in [0.2, 0.25) is 0 Å². The van der Waals surface area contributed by atoms with Gasteiger partial charge in [0, 0.05) is 12.3 Å². The molecule has 1 rings (SSSR count). The van der Waals surface area contributed by atoms with E-state index in [9.17, 15) is 13.2 Å². The largest absolute Gasteiger partial charge is 0.467 e. The first-order valence-corrected chi connectivity index (χ1v) is 3.91. The SMILES string of the molecule is C[C](C)Oc1ccc(C(F)(F)F)cn1. The highest BCUT2D eigenvalue weighted by molar-refractivity contribution is 5.20. The molecule has 2 nitrogen and oxygen atoms in total. The van der Waals surface area contributed by atoms with Crippen LogP contribution in [0.4, 0.5) is 13.2 Å². The van der Waals surface area contributed by atoms with Gasteiger partial charge in [-0.2, -0.15) is 13.2 Å². The van der Waals surface area contributed by atoms with Crippen LogP contribution in [-0.4, -0.2) is 4.98 Å². The Morgan fingerprint density at radius 1 is 1.29 bits per heavy atom. The van der Waals surface area contributed by atoms with Crippen LogP contribution in [0, 0.1) is 6.10 Å². The summed E-state index contributed by atoms with van der Waals surface area (Å²) in [6.07, 6.45) is -2.98. The third-order valence-corrected chi connectivity index (χ3v) is 1.37. The summed E-state index contributed by atoms with van der Waals surface area (Å²) >= 11 is 0. The monoisotopic (exact) mass is 204 g/mol. The van der Waals surface area contributed by atoms with Gasteiger partial charge < -0.3 is 4.74 Å². The van der Waals surface area contributed by atoms with Crippen molar-refractivity contribution in [1.29, 1.82) is 0 Å². The molecule has 1 aromatic rings. The Bertz CT molecular complexity index is 292. The van der Waals surface area contributed by atoms with E-state index in [1.54, 1.807) is 13.8 Å². The number of ether oxygens (including phenoxy) is 1. The summed E-state index contributed by atoms with van der Waals surface area (Å²) in [5, 5.41) is 0. The van der Waals surface area contributed by atoms with E-state index in [0.717, 1.165) is 12.3 Å². The van der Waals surface area contributed by atoms with Gasteiger partial charge in [0.1, 0.15) is 6.10 Å². The van der Waals surface area contributed by atoms with Crippen molar-refractivity contribution < 1.29 is 17.9 Å². The normalized spacial score (nSPS) is 11.9. The number of aromatic nitrogens is 1. The summed E-state index contributed by atoms with van der Waals surface area (Å²) < 4.78 is 41.3. The van der Waals surface area contributed by atoms with Crippen molar-refractivity contribution >= 4 is 0 Å². The fourth-order valence-corrected chi connectivity index (χ4v) is 0.817. The molecule has 0 unspecified atom stereocenters. The Morgan fingerprint density at radius 2 is 1.93 bits per heavy atom. The first-order chi connectivity index (χ1) is 6.39. The second-order valence-electron chi connectivity index (χ2n) is 2.89. The second-order valence-corrected chi connectivity index (χ2v) is 2.89. The molecule has 77 valence electrons. The maximum Gasteiger partial charge on any atom is 0.417 e. The van der Waals surface area contributed by atoms with E-state index in [-0.39, 0.29) is 5.88 Å². The molecule has 0 saturated heterocycles. The van der Waals surface area contributed by atoms with Crippen LogP contribution in [-0.2, 0) is 6.18 Å². The van der Waals surface area contributed by atoms with Gasteiger partial charge in [0.2, 0.25) is 5.88 Å². The fraction of sp³-hybridized carbons (Fsp3) is 0.333.